The molecule has 0 saturated carbocycles. The first-order valence-corrected chi connectivity index (χ1v) is 10.2. The van der Waals surface area contributed by atoms with Crippen LogP contribution >= 0.6 is 11.6 Å². The zero-order valence-corrected chi connectivity index (χ0v) is 17.8. The normalized spacial score (nSPS) is 11.7. The first-order valence-electron chi connectivity index (χ1n) is 9.79. The number of aromatic nitrogens is 2. The number of amides is 3. The number of hydrogen-bond donors (Lipinski definition) is 4. The topological polar surface area (TPSA) is 139 Å². The van der Waals surface area contributed by atoms with E-state index in [1.807, 2.05) is 0 Å². The molecule has 0 fully saturated rings. The third-order valence-electron chi connectivity index (χ3n) is 4.95. The molecule has 166 valence electrons. The molecule has 0 aliphatic rings. The third-order valence-corrected chi connectivity index (χ3v) is 5.26. The minimum Gasteiger partial charge on any atom is -0.367 e. The van der Waals surface area contributed by atoms with Crippen molar-refractivity contribution in [3.8, 4) is 5.69 Å². The van der Waals surface area contributed by atoms with E-state index in [2.05, 4.69) is 15.6 Å². The summed E-state index contributed by atoms with van der Waals surface area (Å²) in [5, 5.41) is 6.14. The smallest absolute Gasteiger partial charge is 0.256 e. The van der Waals surface area contributed by atoms with Gasteiger partial charge in [-0.05, 0) is 42.5 Å². The number of H-pyrrole nitrogens is 1. The van der Waals surface area contributed by atoms with E-state index in [0.717, 1.165) is 5.39 Å². The fraction of sp³-hybridized carbons (Fsp3) is 0.0435. The van der Waals surface area contributed by atoms with Gasteiger partial charge in [-0.15, -0.1) is 0 Å². The zero-order valence-electron chi connectivity index (χ0n) is 17.0. The molecule has 0 bridgehead atoms. The summed E-state index contributed by atoms with van der Waals surface area (Å²) in [5.74, 6) is -2.47. The number of pyridine rings is 1. The van der Waals surface area contributed by atoms with Crippen molar-refractivity contribution in [3.63, 3.8) is 0 Å². The number of halogens is 1. The number of primary amides is 1. The molecule has 1 atom stereocenters. The number of carbonyl (C=O) groups excluding carboxylic acids is 3. The zero-order chi connectivity index (χ0) is 23.5. The van der Waals surface area contributed by atoms with Gasteiger partial charge in [-0.25, -0.2) is 0 Å². The fourth-order valence-corrected chi connectivity index (χ4v) is 3.49. The molecule has 2 heterocycles. The SMILES string of the molecule is NC(=O)C(NC(=O)c1ccc2c(Cl)c[nH]c2c1)C(=O)Nc1ccc(-n2ccccc2=O)cc1. The van der Waals surface area contributed by atoms with Gasteiger partial charge in [-0.3, -0.25) is 23.7 Å². The predicted molar refractivity (Wildman–Crippen MR) is 124 cm³/mol. The van der Waals surface area contributed by atoms with E-state index in [0.29, 0.717) is 21.9 Å². The standard InChI is InChI=1S/C23H18ClN5O4/c24-17-12-26-18-11-13(4-9-16(17)18)22(32)28-20(21(25)31)23(33)27-14-5-7-15(8-6-14)29-10-2-1-3-19(29)30/h1-12,20,26H,(H2,25,31)(H,27,33)(H,28,32). The third kappa shape index (κ3) is 4.63. The lowest BCUT2D eigenvalue weighted by Crippen LogP contribution is -2.51. The Bertz CT molecular complexity index is 1420. The van der Waals surface area contributed by atoms with E-state index in [1.165, 1.54) is 16.7 Å². The lowest BCUT2D eigenvalue weighted by atomic mass is 10.1. The number of benzene rings is 2. The van der Waals surface area contributed by atoms with Gasteiger partial charge in [0.1, 0.15) is 0 Å². The average Bonchev–Trinajstić information content (AvgIpc) is 3.18. The summed E-state index contributed by atoms with van der Waals surface area (Å²) in [6.07, 6.45) is 3.21. The van der Waals surface area contributed by atoms with Crippen LogP contribution in [0.2, 0.25) is 5.02 Å². The van der Waals surface area contributed by atoms with Crippen LogP contribution < -0.4 is 21.9 Å². The van der Waals surface area contributed by atoms with Gasteiger partial charge in [0.15, 0.2) is 6.04 Å². The predicted octanol–water partition coefficient (Wildman–Crippen LogP) is 2.19. The highest BCUT2D eigenvalue weighted by molar-refractivity contribution is 6.35. The van der Waals surface area contributed by atoms with Crippen molar-refractivity contribution < 1.29 is 14.4 Å². The number of rotatable bonds is 6. The molecule has 3 amide bonds. The van der Waals surface area contributed by atoms with Crippen molar-refractivity contribution >= 4 is 45.9 Å². The van der Waals surface area contributed by atoms with Crippen LogP contribution in [0, 0.1) is 0 Å². The van der Waals surface area contributed by atoms with Crippen LogP contribution in [0.25, 0.3) is 16.6 Å². The number of fused-ring (bicyclic) bond motifs is 1. The second-order valence-corrected chi connectivity index (χ2v) is 7.56. The highest BCUT2D eigenvalue weighted by Gasteiger charge is 2.27. The number of aromatic amines is 1. The number of hydrogen-bond acceptors (Lipinski definition) is 4. The molecule has 1 unspecified atom stereocenters. The van der Waals surface area contributed by atoms with Crippen LogP contribution in [-0.4, -0.2) is 33.3 Å². The van der Waals surface area contributed by atoms with Gasteiger partial charge in [-0.1, -0.05) is 23.7 Å². The first-order chi connectivity index (χ1) is 15.8. The van der Waals surface area contributed by atoms with Crippen molar-refractivity contribution in [2.45, 2.75) is 6.04 Å². The molecule has 0 saturated heterocycles. The Morgan fingerprint density at radius 3 is 2.48 bits per heavy atom. The molecule has 2 aromatic heterocycles. The molecule has 5 N–H and O–H groups in total. The maximum absolute atomic E-state index is 12.6. The molecule has 0 aliphatic heterocycles. The monoisotopic (exact) mass is 463 g/mol. The Labute approximate surface area is 192 Å². The Balaban J connectivity index is 1.47. The maximum atomic E-state index is 12.6. The van der Waals surface area contributed by atoms with Gasteiger partial charge in [-0.2, -0.15) is 0 Å². The van der Waals surface area contributed by atoms with E-state index in [9.17, 15) is 19.2 Å². The maximum Gasteiger partial charge on any atom is 0.256 e. The Morgan fingerprint density at radius 2 is 1.79 bits per heavy atom. The summed E-state index contributed by atoms with van der Waals surface area (Å²) in [4.78, 5) is 52.0. The second-order valence-electron chi connectivity index (χ2n) is 7.15. The molecular formula is C23H18ClN5O4. The van der Waals surface area contributed by atoms with Crippen molar-refractivity contribution in [3.05, 3.63) is 94.0 Å². The van der Waals surface area contributed by atoms with Gasteiger partial charge < -0.3 is 21.4 Å². The van der Waals surface area contributed by atoms with Crippen LogP contribution in [0.1, 0.15) is 10.4 Å². The van der Waals surface area contributed by atoms with Gasteiger partial charge in [0, 0.05) is 46.3 Å². The lowest BCUT2D eigenvalue weighted by Gasteiger charge is -2.16. The van der Waals surface area contributed by atoms with Crippen molar-refractivity contribution in [2.24, 2.45) is 5.73 Å². The number of anilines is 1. The summed E-state index contributed by atoms with van der Waals surface area (Å²) >= 11 is 6.04. The molecule has 4 rings (SSSR count). The lowest BCUT2D eigenvalue weighted by molar-refractivity contribution is -0.127. The van der Waals surface area contributed by atoms with E-state index in [1.54, 1.807) is 60.9 Å². The van der Waals surface area contributed by atoms with Crippen LogP contribution in [0.15, 0.2) is 77.9 Å². The number of nitrogens with two attached hydrogens (primary N) is 1. The Kier molecular flexibility index (Phi) is 5.97. The largest absolute Gasteiger partial charge is 0.367 e. The molecule has 10 heteroatoms. The van der Waals surface area contributed by atoms with Crippen molar-refractivity contribution in [1.82, 2.24) is 14.9 Å². The minimum absolute atomic E-state index is 0.203. The summed E-state index contributed by atoms with van der Waals surface area (Å²) in [6.45, 7) is 0. The number of carbonyl (C=O) groups is 3. The van der Waals surface area contributed by atoms with Gasteiger partial charge in [0.05, 0.1) is 5.02 Å². The van der Waals surface area contributed by atoms with Gasteiger partial charge >= 0.3 is 0 Å². The molecule has 2 aromatic carbocycles. The fourth-order valence-electron chi connectivity index (χ4n) is 3.27. The molecule has 0 aliphatic carbocycles. The van der Waals surface area contributed by atoms with E-state index < -0.39 is 23.8 Å². The van der Waals surface area contributed by atoms with Crippen LogP contribution in [0.5, 0.6) is 0 Å². The molecule has 0 spiro atoms. The highest BCUT2D eigenvalue weighted by atomic mass is 35.5. The second kappa shape index (κ2) is 9.01. The van der Waals surface area contributed by atoms with E-state index in [-0.39, 0.29) is 11.1 Å². The van der Waals surface area contributed by atoms with E-state index in [4.69, 9.17) is 17.3 Å². The molecule has 33 heavy (non-hydrogen) atoms. The highest BCUT2D eigenvalue weighted by Crippen LogP contribution is 2.23. The molecule has 4 aromatic rings. The molecule has 9 nitrogen and oxygen atoms in total. The Hall–Kier alpha value is -4.37. The molecular weight excluding hydrogens is 446 g/mol. The van der Waals surface area contributed by atoms with Crippen molar-refractivity contribution in [1.29, 1.82) is 0 Å². The van der Waals surface area contributed by atoms with Crippen LogP contribution in [-0.2, 0) is 9.59 Å². The van der Waals surface area contributed by atoms with Crippen LogP contribution in [0.3, 0.4) is 0 Å². The average molecular weight is 464 g/mol. The van der Waals surface area contributed by atoms with Crippen LogP contribution in [0.4, 0.5) is 5.69 Å². The number of nitrogens with zero attached hydrogens (tertiary/aromatic N) is 1. The number of nitrogens with one attached hydrogen (secondary N) is 3. The summed E-state index contributed by atoms with van der Waals surface area (Å²) in [6, 6.07) is 14.3. The first kappa shape index (κ1) is 21.8. The van der Waals surface area contributed by atoms with E-state index >= 15 is 0 Å². The Morgan fingerprint density at radius 1 is 1.03 bits per heavy atom. The minimum atomic E-state index is -1.60. The molecule has 0 radical (unpaired) electrons. The van der Waals surface area contributed by atoms with Crippen molar-refractivity contribution in [2.75, 3.05) is 5.32 Å². The summed E-state index contributed by atoms with van der Waals surface area (Å²) in [5.41, 5.74) is 6.95. The van der Waals surface area contributed by atoms with Gasteiger partial charge in [0.25, 0.3) is 17.4 Å². The summed E-state index contributed by atoms with van der Waals surface area (Å²) in [7, 11) is 0. The summed E-state index contributed by atoms with van der Waals surface area (Å²) < 4.78 is 1.44. The van der Waals surface area contributed by atoms with Gasteiger partial charge in [0.2, 0.25) is 5.91 Å². The quantitative estimate of drug-likeness (QED) is 0.325.